The first kappa shape index (κ1) is 16.3. The Labute approximate surface area is 127 Å². The van der Waals surface area contributed by atoms with Crippen LogP contribution in [0.1, 0.15) is 27.2 Å². The molecule has 0 saturated carbocycles. The van der Waals surface area contributed by atoms with Crippen molar-refractivity contribution >= 4 is 15.7 Å². The summed E-state index contributed by atoms with van der Waals surface area (Å²) in [5, 5.41) is 9.64. The molecule has 0 spiro atoms. The fraction of sp³-hybridized carbons (Fsp3) is 0.600. The van der Waals surface area contributed by atoms with Crippen molar-refractivity contribution in [3.05, 3.63) is 24.3 Å². The first-order valence-electron chi connectivity index (χ1n) is 7.35. The highest BCUT2D eigenvalue weighted by Crippen LogP contribution is 2.26. The number of nitrogens with zero attached hydrogens (tertiary/aromatic N) is 1. The molecule has 0 aliphatic carbocycles. The Morgan fingerprint density at radius 2 is 1.86 bits per heavy atom. The van der Waals surface area contributed by atoms with Crippen LogP contribution in [0.25, 0.3) is 0 Å². The molecule has 6 heteroatoms. The zero-order valence-electron chi connectivity index (χ0n) is 12.8. The van der Waals surface area contributed by atoms with Crippen molar-refractivity contribution in [1.82, 2.24) is 4.72 Å². The molecule has 1 aliphatic heterocycles. The standard InChI is InChI=1S/C15H24N2O3S/c1-11(2)16-21(19,20)15-6-4-14(5-7-15)17-9-8-13(10-17)12(3)18/h4-7,11-13,16,18H,8-10H2,1-3H3. The maximum Gasteiger partial charge on any atom is 0.240 e. The van der Waals surface area contributed by atoms with Gasteiger partial charge in [0, 0.05) is 30.7 Å². The van der Waals surface area contributed by atoms with Gasteiger partial charge in [-0.1, -0.05) is 0 Å². The van der Waals surface area contributed by atoms with E-state index in [1.807, 2.05) is 19.1 Å². The Balaban J connectivity index is 2.10. The molecule has 0 aromatic heterocycles. The van der Waals surface area contributed by atoms with E-state index in [0.717, 1.165) is 25.2 Å². The molecule has 2 unspecified atom stereocenters. The molecule has 1 aliphatic rings. The number of aliphatic hydroxyl groups excluding tert-OH is 1. The Hall–Kier alpha value is -1.11. The SMILES string of the molecule is CC(C)NS(=O)(=O)c1ccc(N2CCC(C(C)O)C2)cc1. The van der Waals surface area contributed by atoms with Crippen molar-refractivity contribution in [2.24, 2.45) is 5.92 Å². The van der Waals surface area contributed by atoms with E-state index < -0.39 is 10.0 Å². The van der Waals surface area contributed by atoms with Crippen LogP contribution in [-0.4, -0.2) is 38.8 Å². The first-order valence-corrected chi connectivity index (χ1v) is 8.83. The topological polar surface area (TPSA) is 69.6 Å². The molecular weight excluding hydrogens is 288 g/mol. The minimum atomic E-state index is -3.43. The summed E-state index contributed by atoms with van der Waals surface area (Å²) in [6, 6.07) is 6.81. The lowest BCUT2D eigenvalue weighted by molar-refractivity contribution is 0.136. The Morgan fingerprint density at radius 1 is 1.24 bits per heavy atom. The fourth-order valence-corrected chi connectivity index (χ4v) is 3.88. The molecule has 2 atom stereocenters. The maximum atomic E-state index is 12.1. The van der Waals surface area contributed by atoms with Crippen LogP contribution in [0.5, 0.6) is 0 Å². The molecule has 0 amide bonds. The first-order chi connectivity index (χ1) is 9.79. The van der Waals surface area contributed by atoms with Gasteiger partial charge in [-0.15, -0.1) is 0 Å². The molecular formula is C15H24N2O3S. The van der Waals surface area contributed by atoms with Crippen LogP contribution in [0.4, 0.5) is 5.69 Å². The second kappa shape index (κ2) is 6.34. The molecule has 0 bridgehead atoms. The molecule has 118 valence electrons. The number of hydrogen-bond donors (Lipinski definition) is 2. The van der Waals surface area contributed by atoms with Crippen LogP contribution in [0.2, 0.25) is 0 Å². The summed E-state index contributed by atoms with van der Waals surface area (Å²) < 4.78 is 26.7. The Morgan fingerprint density at radius 3 is 2.33 bits per heavy atom. The zero-order valence-corrected chi connectivity index (χ0v) is 13.6. The van der Waals surface area contributed by atoms with Crippen LogP contribution in [0.15, 0.2) is 29.2 Å². The molecule has 21 heavy (non-hydrogen) atoms. The Kier molecular flexibility index (Phi) is 4.91. The third kappa shape index (κ3) is 3.96. The van der Waals surface area contributed by atoms with Gasteiger partial charge in [0.1, 0.15) is 0 Å². The predicted molar refractivity (Wildman–Crippen MR) is 83.9 cm³/mol. The summed E-state index contributed by atoms with van der Waals surface area (Å²) in [6.07, 6.45) is 0.664. The molecule has 1 saturated heterocycles. The van der Waals surface area contributed by atoms with Gasteiger partial charge in [0.2, 0.25) is 10.0 Å². The summed E-state index contributed by atoms with van der Waals surface area (Å²) in [6.45, 7) is 7.13. The summed E-state index contributed by atoms with van der Waals surface area (Å²) in [7, 11) is -3.43. The molecule has 1 fully saturated rings. The van der Waals surface area contributed by atoms with E-state index in [1.165, 1.54) is 0 Å². The van der Waals surface area contributed by atoms with Crippen molar-refractivity contribution < 1.29 is 13.5 Å². The second-order valence-corrected chi connectivity index (χ2v) is 7.72. The summed E-state index contributed by atoms with van der Waals surface area (Å²) in [5.41, 5.74) is 1.00. The lowest BCUT2D eigenvalue weighted by Gasteiger charge is -2.20. The molecule has 0 radical (unpaired) electrons. The normalized spacial score (nSPS) is 21.0. The molecule has 1 aromatic rings. The minimum Gasteiger partial charge on any atom is -0.393 e. The summed E-state index contributed by atoms with van der Waals surface area (Å²) >= 11 is 0. The van der Waals surface area contributed by atoms with Crippen LogP contribution >= 0.6 is 0 Å². The van der Waals surface area contributed by atoms with Gasteiger partial charge in [-0.3, -0.25) is 0 Å². The lowest BCUT2D eigenvalue weighted by atomic mass is 10.0. The highest BCUT2D eigenvalue weighted by molar-refractivity contribution is 7.89. The number of aliphatic hydroxyl groups is 1. The fourth-order valence-electron chi connectivity index (χ4n) is 2.63. The average molecular weight is 312 g/mol. The number of rotatable bonds is 5. The largest absolute Gasteiger partial charge is 0.393 e. The minimum absolute atomic E-state index is 0.125. The van der Waals surface area contributed by atoms with Gasteiger partial charge in [-0.2, -0.15) is 0 Å². The van der Waals surface area contributed by atoms with Gasteiger partial charge >= 0.3 is 0 Å². The highest BCUT2D eigenvalue weighted by Gasteiger charge is 2.26. The van der Waals surface area contributed by atoms with Gasteiger partial charge in [-0.25, -0.2) is 13.1 Å². The van der Waals surface area contributed by atoms with Crippen molar-refractivity contribution in [3.8, 4) is 0 Å². The van der Waals surface area contributed by atoms with E-state index in [-0.39, 0.29) is 23.0 Å². The molecule has 1 heterocycles. The van der Waals surface area contributed by atoms with E-state index in [2.05, 4.69) is 9.62 Å². The van der Waals surface area contributed by atoms with E-state index in [1.54, 1.807) is 26.0 Å². The van der Waals surface area contributed by atoms with Gasteiger partial charge in [-0.05, 0) is 51.5 Å². The predicted octanol–water partition coefficient (Wildman–Crippen LogP) is 1.58. The molecule has 2 N–H and O–H groups in total. The average Bonchev–Trinajstić information content (AvgIpc) is 2.87. The van der Waals surface area contributed by atoms with Crippen molar-refractivity contribution in [3.63, 3.8) is 0 Å². The monoisotopic (exact) mass is 312 g/mol. The number of nitrogens with one attached hydrogen (secondary N) is 1. The zero-order chi connectivity index (χ0) is 15.6. The Bertz CT molecular complexity index is 567. The van der Waals surface area contributed by atoms with Crippen LogP contribution in [0.3, 0.4) is 0 Å². The van der Waals surface area contributed by atoms with Crippen LogP contribution in [0, 0.1) is 5.92 Å². The third-order valence-electron chi connectivity index (χ3n) is 3.81. The van der Waals surface area contributed by atoms with Gasteiger partial charge in [0.05, 0.1) is 11.0 Å². The van der Waals surface area contributed by atoms with Crippen molar-refractivity contribution in [1.29, 1.82) is 0 Å². The van der Waals surface area contributed by atoms with E-state index in [9.17, 15) is 13.5 Å². The van der Waals surface area contributed by atoms with E-state index >= 15 is 0 Å². The molecule has 2 rings (SSSR count). The van der Waals surface area contributed by atoms with E-state index in [0.29, 0.717) is 0 Å². The highest BCUT2D eigenvalue weighted by atomic mass is 32.2. The number of hydrogen-bond acceptors (Lipinski definition) is 4. The van der Waals surface area contributed by atoms with E-state index in [4.69, 9.17) is 0 Å². The second-order valence-electron chi connectivity index (χ2n) is 6.01. The smallest absolute Gasteiger partial charge is 0.240 e. The third-order valence-corrected chi connectivity index (χ3v) is 5.48. The number of benzene rings is 1. The van der Waals surface area contributed by atoms with Crippen molar-refractivity contribution in [2.45, 2.75) is 44.2 Å². The van der Waals surface area contributed by atoms with Gasteiger partial charge < -0.3 is 10.0 Å². The summed E-state index contributed by atoms with van der Waals surface area (Å²) in [4.78, 5) is 2.47. The molecule has 1 aromatic carbocycles. The van der Waals surface area contributed by atoms with Gasteiger partial charge in [0.15, 0.2) is 0 Å². The quantitative estimate of drug-likeness (QED) is 0.866. The van der Waals surface area contributed by atoms with Crippen LogP contribution in [-0.2, 0) is 10.0 Å². The van der Waals surface area contributed by atoms with Crippen molar-refractivity contribution in [2.75, 3.05) is 18.0 Å². The van der Waals surface area contributed by atoms with Gasteiger partial charge in [0.25, 0.3) is 0 Å². The maximum absolute atomic E-state index is 12.1. The lowest BCUT2D eigenvalue weighted by Crippen LogP contribution is -2.30. The number of sulfonamides is 1. The number of anilines is 1. The summed E-state index contributed by atoms with van der Waals surface area (Å²) in [5.74, 6) is 0.288. The molecule has 5 nitrogen and oxygen atoms in total. The van der Waals surface area contributed by atoms with Crippen LogP contribution < -0.4 is 9.62 Å².